The van der Waals surface area contributed by atoms with E-state index in [4.69, 9.17) is 17.3 Å². The van der Waals surface area contributed by atoms with Crippen molar-refractivity contribution >= 4 is 39.8 Å². The summed E-state index contributed by atoms with van der Waals surface area (Å²) in [5.74, 6) is 0.831. The standard InChI is InChI=1S/C6H8ClN3S2/c1-4(2-7)3-11-6-10-9-5(8)12-6/h2H,3H2,1H3,(H2,8,9)/b4-2+. The Balaban J connectivity index is 2.43. The number of hydrogen-bond acceptors (Lipinski definition) is 5. The predicted octanol–water partition coefficient (Wildman–Crippen LogP) is 2.35. The first-order valence-corrected chi connectivity index (χ1v) is 5.44. The van der Waals surface area contributed by atoms with Gasteiger partial charge in [-0.15, -0.1) is 10.2 Å². The van der Waals surface area contributed by atoms with Crippen molar-refractivity contribution < 1.29 is 0 Å². The molecule has 1 rings (SSSR count). The van der Waals surface area contributed by atoms with E-state index in [1.165, 1.54) is 11.3 Å². The average Bonchev–Trinajstić information content (AvgIpc) is 2.47. The molecule has 0 saturated heterocycles. The first-order valence-electron chi connectivity index (χ1n) is 3.20. The third-order valence-corrected chi connectivity index (χ3v) is 3.48. The van der Waals surface area contributed by atoms with Crippen LogP contribution in [0.25, 0.3) is 0 Å². The van der Waals surface area contributed by atoms with E-state index in [2.05, 4.69) is 10.2 Å². The molecule has 0 bridgehead atoms. The second kappa shape index (κ2) is 4.69. The van der Waals surface area contributed by atoms with E-state index in [0.29, 0.717) is 5.13 Å². The highest BCUT2D eigenvalue weighted by atomic mass is 35.5. The molecule has 0 unspecified atom stereocenters. The van der Waals surface area contributed by atoms with Crippen LogP contribution in [0.15, 0.2) is 15.4 Å². The molecule has 1 aromatic rings. The number of hydrogen-bond donors (Lipinski definition) is 1. The van der Waals surface area contributed by atoms with Crippen molar-refractivity contribution in [3.63, 3.8) is 0 Å². The van der Waals surface area contributed by atoms with Crippen LogP contribution in [0, 0.1) is 0 Å². The molecular formula is C6H8ClN3S2. The number of rotatable bonds is 3. The highest BCUT2D eigenvalue weighted by molar-refractivity contribution is 8.01. The molecule has 0 spiro atoms. The molecule has 66 valence electrons. The average molecular weight is 222 g/mol. The zero-order chi connectivity index (χ0) is 8.97. The molecule has 0 aliphatic rings. The number of nitrogens with two attached hydrogens (primary N) is 1. The minimum absolute atomic E-state index is 0.505. The van der Waals surface area contributed by atoms with E-state index in [1.54, 1.807) is 17.3 Å². The number of anilines is 1. The van der Waals surface area contributed by atoms with Crippen molar-refractivity contribution in [2.45, 2.75) is 11.3 Å². The fourth-order valence-corrected chi connectivity index (χ4v) is 2.20. The molecule has 12 heavy (non-hydrogen) atoms. The van der Waals surface area contributed by atoms with Gasteiger partial charge < -0.3 is 5.73 Å². The van der Waals surface area contributed by atoms with Crippen LogP contribution in [0.2, 0.25) is 0 Å². The molecule has 1 aromatic heterocycles. The van der Waals surface area contributed by atoms with Gasteiger partial charge in [0.1, 0.15) is 0 Å². The van der Waals surface area contributed by atoms with Crippen molar-refractivity contribution in [3.8, 4) is 0 Å². The second-order valence-corrected chi connectivity index (χ2v) is 4.60. The highest BCUT2D eigenvalue weighted by Crippen LogP contribution is 2.25. The van der Waals surface area contributed by atoms with Gasteiger partial charge in [-0.25, -0.2) is 0 Å². The Kier molecular flexibility index (Phi) is 3.84. The van der Waals surface area contributed by atoms with Crippen LogP contribution < -0.4 is 5.73 Å². The minimum atomic E-state index is 0.505. The van der Waals surface area contributed by atoms with E-state index in [9.17, 15) is 0 Å². The van der Waals surface area contributed by atoms with E-state index in [1.807, 2.05) is 6.92 Å². The molecule has 0 aliphatic carbocycles. The quantitative estimate of drug-likeness (QED) is 0.797. The first-order chi connectivity index (χ1) is 5.72. The molecule has 3 nitrogen and oxygen atoms in total. The monoisotopic (exact) mass is 221 g/mol. The minimum Gasteiger partial charge on any atom is -0.374 e. The maximum atomic E-state index is 5.49. The molecule has 0 aliphatic heterocycles. The molecule has 0 saturated carbocycles. The molecule has 2 N–H and O–H groups in total. The summed E-state index contributed by atoms with van der Waals surface area (Å²) >= 11 is 8.47. The van der Waals surface area contributed by atoms with Gasteiger partial charge in [-0.05, 0) is 6.92 Å². The third kappa shape index (κ3) is 3.00. The summed E-state index contributed by atoms with van der Waals surface area (Å²) in [4.78, 5) is 0. The zero-order valence-corrected chi connectivity index (χ0v) is 8.84. The SMILES string of the molecule is C/C(=C\Cl)CSc1nnc(N)s1. The lowest BCUT2D eigenvalue weighted by atomic mass is 10.4. The van der Waals surface area contributed by atoms with Gasteiger partial charge >= 0.3 is 0 Å². The molecule has 1 heterocycles. The molecular weight excluding hydrogens is 214 g/mol. The number of halogens is 1. The van der Waals surface area contributed by atoms with E-state index in [-0.39, 0.29) is 0 Å². The summed E-state index contributed by atoms with van der Waals surface area (Å²) in [7, 11) is 0. The van der Waals surface area contributed by atoms with Gasteiger partial charge in [-0.2, -0.15) is 0 Å². The summed E-state index contributed by atoms with van der Waals surface area (Å²) in [5.41, 5.74) is 8.08. The fourth-order valence-electron chi connectivity index (χ4n) is 0.486. The maximum Gasteiger partial charge on any atom is 0.203 e. The van der Waals surface area contributed by atoms with Gasteiger partial charge in [0.25, 0.3) is 0 Å². The largest absolute Gasteiger partial charge is 0.374 e. The van der Waals surface area contributed by atoms with Crippen molar-refractivity contribution in [2.24, 2.45) is 0 Å². The maximum absolute atomic E-state index is 5.49. The normalized spacial score (nSPS) is 12.0. The van der Waals surface area contributed by atoms with E-state index < -0.39 is 0 Å². The molecule has 0 aromatic carbocycles. The summed E-state index contributed by atoms with van der Waals surface area (Å²) in [5, 5.41) is 8.06. The van der Waals surface area contributed by atoms with Gasteiger partial charge in [0.05, 0.1) is 0 Å². The van der Waals surface area contributed by atoms with Crippen LogP contribution >= 0.6 is 34.7 Å². The Bertz CT molecular complexity index is 284. The fraction of sp³-hybridized carbons (Fsp3) is 0.333. The van der Waals surface area contributed by atoms with Gasteiger partial charge in [0.15, 0.2) is 4.34 Å². The van der Waals surface area contributed by atoms with Crippen molar-refractivity contribution in [1.29, 1.82) is 0 Å². The first kappa shape index (κ1) is 9.83. The summed E-state index contributed by atoms with van der Waals surface area (Å²) in [6.07, 6.45) is 0. The Morgan fingerprint density at radius 1 is 1.75 bits per heavy atom. The Hall–Kier alpha value is -0.260. The Morgan fingerprint density at radius 2 is 2.50 bits per heavy atom. The van der Waals surface area contributed by atoms with Crippen molar-refractivity contribution in [2.75, 3.05) is 11.5 Å². The van der Waals surface area contributed by atoms with Crippen LogP contribution in [-0.4, -0.2) is 16.0 Å². The molecule has 0 amide bonds. The smallest absolute Gasteiger partial charge is 0.203 e. The van der Waals surface area contributed by atoms with Crippen molar-refractivity contribution in [3.05, 3.63) is 11.1 Å². The topological polar surface area (TPSA) is 51.8 Å². The summed E-state index contributed by atoms with van der Waals surface area (Å²) < 4.78 is 0.880. The van der Waals surface area contributed by atoms with Crippen LogP contribution in [0.4, 0.5) is 5.13 Å². The van der Waals surface area contributed by atoms with E-state index in [0.717, 1.165) is 15.7 Å². The number of thioether (sulfide) groups is 1. The van der Waals surface area contributed by atoms with Crippen LogP contribution in [0.1, 0.15) is 6.92 Å². The van der Waals surface area contributed by atoms with E-state index >= 15 is 0 Å². The lowest BCUT2D eigenvalue weighted by Crippen LogP contribution is -1.80. The van der Waals surface area contributed by atoms with Gasteiger partial charge in [-0.1, -0.05) is 40.3 Å². The zero-order valence-electron chi connectivity index (χ0n) is 6.45. The van der Waals surface area contributed by atoms with Gasteiger partial charge in [0.2, 0.25) is 5.13 Å². The number of nitrogens with zero attached hydrogens (tertiary/aromatic N) is 2. The Morgan fingerprint density at radius 3 is 3.00 bits per heavy atom. The van der Waals surface area contributed by atoms with Crippen molar-refractivity contribution in [1.82, 2.24) is 10.2 Å². The lowest BCUT2D eigenvalue weighted by molar-refractivity contribution is 1.02. The van der Waals surface area contributed by atoms with Crippen LogP contribution in [0.5, 0.6) is 0 Å². The van der Waals surface area contributed by atoms with Crippen LogP contribution in [0.3, 0.4) is 0 Å². The second-order valence-electron chi connectivity index (χ2n) is 2.15. The highest BCUT2D eigenvalue weighted by Gasteiger charge is 2.00. The molecule has 0 atom stereocenters. The molecule has 0 radical (unpaired) electrons. The summed E-state index contributed by atoms with van der Waals surface area (Å²) in [6.45, 7) is 1.96. The lowest BCUT2D eigenvalue weighted by Gasteiger charge is -1.93. The predicted molar refractivity (Wildman–Crippen MR) is 54.7 cm³/mol. The third-order valence-electron chi connectivity index (χ3n) is 1.03. The van der Waals surface area contributed by atoms with Gasteiger partial charge in [-0.3, -0.25) is 0 Å². The van der Waals surface area contributed by atoms with Crippen LogP contribution in [-0.2, 0) is 0 Å². The Labute approximate surface area is 84.0 Å². The number of aromatic nitrogens is 2. The number of nitrogen functional groups attached to an aromatic ring is 1. The molecule has 0 fully saturated rings. The van der Waals surface area contributed by atoms with Gasteiger partial charge in [0, 0.05) is 11.3 Å². The summed E-state index contributed by atoms with van der Waals surface area (Å²) in [6, 6.07) is 0. The molecule has 6 heteroatoms.